The highest BCUT2D eigenvalue weighted by Gasteiger charge is 2.16. The number of hydrogen-bond acceptors (Lipinski definition) is 5. The normalized spacial score (nSPS) is 11.5. The van der Waals surface area contributed by atoms with E-state index in [1.807, 2.05) is 19.2 Å². The summed E-state index contributed by atoms with van der Waals surface area (Å²) in [5.41, 5.74) is 7.01. The van der Waals surface area contributed by atoms with Crippen LogP contribution in [0, 0.1) is 5.92 Å². The third-order valence-corrected chi connectivity index (χ3v) is 4.43. The standard InChI is InChI=1S/C19H32N2O4.ClH/c1-13(2)15(20)9-10-21(3)18(22)8-7-14-11-16(23-4)19(25-6)17(12-14)24-5;/h11-13,15H,7-10,20H2,1-6H3;1H. The zero-order valence-electron chi connectivity index (χ0n) is 16.7. The molecule has 150 valence electrons. The lowest BCUT2D eigenvalue weighted by Crippen LogP contribution is -2.34. The molecule has 2 N–H and O–H groups in total. The monoisotopic (exact) mass is 388 g/mol. The molecule has 6 nitrogen and oxygen atoms in total. The molecule has 26 heavy (non-hydrogen) atoms. The molecule has 0 aromatic heterocycles. The van der Waals surface area contributed by atoms with E-state index in [1.165, 1.54) is 0 Å². The predicted octanol–water partition coefficient (Wildman–Crippen LogP) is 2.90. The topological polar surface area (TPSA) is 74.0 Å². The van der Waals surface area contributed by atoms with Gasteiger partial charge in [-0.3, -0.25) is 4.79 Å². The zero-order chi connectivity index (χ0) is 19.0. The number of hydrogen-bond donors (Lipinski definition) is 1. The number of carbonyl (C=O) groups excluding carboxylic acids is 1. The van der Waals surface area contributed by atoms with Gasteiger partial charge >= 0.3 is 0 Å². The first-order valence-electron chi connectivity index (χ1n) is 8.62. The Morgan fingerprint density at radius 2 is 1.65 bits per heavy atom. The summed E-state index contributed by atoms with van der Waals surface area (Å²) in [6.07, 6.45) is 1.84. The van der Waals surface area contributed by atoms with Crippen molar-refractivity contribution in [2.24, 2.45) is 11.7 Å². The van der Waals surface area contributed by atoms with Gasteiger partial charge in [0.25, 0.3) is 0 Å². The Labute approximate surface area is 163 Å². The van der Waals surface area contributed by atoms with Crippen LogP contribution in [-0.2, 0) is 11.2 Å². The minimum atomic E-state index is 0. The maximum atomic E-state index is 12.3. The van der Waals surface area contributed by atoms with E-state index in [4.69, 9.17) is 19.9 Å². The molecule has 0 aliphatic carbocycles. The average Bonchev–Trinajstić information content (AvgIpc) is 2.62. The van der Waals surface area contributed by atoms with Crippen LogP contribution in [0.25, 0.3) is 0 Å². The van der Waals surface area contributed by atoms with Gasteiger partial charge in [-0.15, -0.1) is 12.4 Å². The molecule has 1 amide bonds. The fraction of sp³-hybridized carbons (Fsp3) is 0.632. The molecule has 0 bridgehead atoms. The van der Waals surface area contributed by atoms with Crippen molar-refractivity contribution in [2.75, 3.05) is 34.9 Å². The Morgan fingerprint density at radius 3 is 2.08 bits per heavy atom. The summed E-state index contributed by atoms with van der Waals surface area (Å²) < 4.78 is 16.0. The van der Waals surface area contributed by atoms with E-state index in [1.54, 1.807) is 26.2 Å². The lowest BCUT2D eigenvalue weighted by Gasteiger charge is -2.21. The highest BCUT2D eigenvalue weighted by Crippen LogP contribution is 2.38. The maximum Gasteiger partial charge on any atom is 0.222 e. The summed E-state index contributed by atoms with van der Waals surface area (Å²) >= 11 is 0. The van der Waals surface area contributed by atoms with E-state index in [-0.39, 0.29) is 24.4 Å². The molecular weight excluding hydrogens is 356 g/mol. The van der Waals surface area contributed by atoms with E-state index < -0.39 is 0 Å². The molecule has 1 unspecified atom stereocenters. The number of methoxy groups -OCH3 is 3. The molecule has 0 spiro atoms. The number of rotatable bonds is 10. The van der Waals surface area contributed by atoms with Crippen molar-refractivity contribution in [1.82, 2.24) is 4.90 Å². The Kier molecular flexibility index (Phi) is 11.1. The zero-order valence-corrected chi connectivity index (χ0v) is 17.5. The molecule has 0 aliphatic heterocycles. The number of benzene rings is 1. The Morgan fingerprint density at radius 1 is 1.12 bits per heavy atom. The van der Waals surface area contributed by atoms with Gasteiger partial charge in [0.2, 0.25) is 11.7 Å². The smallest absolute Gasteiger partial charge is 0.222 e. The van der Waals surface area contributed by atoms with Crippen LogP contribution in [0.15, 0.2) is 12.1 Å². The molecular formula is C19H33ClN2O4. The molecule has 1 aromatic rings. The first kappa shape index (κ1) is 24.3. The van der Waals surface area contributed by atoms with E-state index in [0.29, 0.717) is 42.6 Å². The highest BCUT2D eigenvalue weighted by molar-refractivity contribution is 5.85. The third kappa shape index (κ3) is 6.92. The van der Waals surface area contributed by atoms with Crippen LogP contribution >= 0.6 is 12.4 Å². The molecule has 0 aliphatic rings. The van der Waals surface area contributed by atoms with Crippen LogP contribution in [0.4, 0.5) is 0 Å². The minimum absolute atomic E-state index is 0. The molecule has 0 radical (unpaired) electrons. The van der Waals surface area contributed by atoms with Gasteiger partial charge in [-0.1, -0.05) is 13.8 Å². The second kappa shape index (κ2) is 11.9. The van der Waals surface area contributed by atoms with Crippen LogP contribution in [0.2, 0.25) is 0 Å². The van der Waals surface area contributed by atoms with E-state index in [2.05, 4.69) is 13.8 Å². The van der Waals surface area contributed by atoms with Crippen LogP contribution in [0.3, 0.4) is 0 Å². The van der Waals surface area contributed by atoms with Crippen LogP contribution in [-0.4, -0.2) is 51.8 Å². The summed E-state index contributed by atoms with van der Waals surface area (Å²) in [6, 6.07) is 3.87. The molecule has 0 heterocycles. The first-order chi connectivity index (χ1) is 11.8. The van der Waals surface area contributed by atoms with E-state index in [9.17, 15) is 4.79 Å². The van der Waals surface area contributed by atoms with Crippen LogP contribution < -0.4 is 19.9 Å². The van der Waals surface area contributed by atoms with Crippen molar-refractivity contribution in [2.45, 2.75) is 39.2 Å². The molecule has 0 fully saturated rings. The predicted molar refractivity (Wildman–Crippen MR) is 107 cm³/mol. The number of halogens is 1. The lowest BCUT2D eigenvalue weighted by atomic mass is 10.0. The fourth-order valence-corrected chi connectivity index (χ4v) is 2.52. The van der Waals surface area contributed by atoms with E-state index >= 15 is 0 Å². The Hall–Kier alpha value is -1.66. The molecule has 1 rings (SSSR count). The number of nitrogens with two attached hydrogens (primary N) is 1. The SMILES string of the molecule is COc1cc(CCC(=O)N(C)CCC(N)C(C)C)cc(OC)c1OC.Cl. The van der Waals surface area contributed by atoms with Crippen molar-refractivity contribution in [1.29, 1.82) is 0 Å². The van der Waals surface area contributed by atoms with Gasteiger partial charge in [0, 0.05) is 26.1 Å². The molecule has 0 saturated heterocycles. The maximum absolute atomic E-state index is 12.3. The summed E-state index contributed by atoms with van der Waals surface area (Å²) in [6.45, 7) is 4.86. The van der Waals surface area contributed by atoms with Crippen LogP contribution in [0.1, 0.15) is 32.3 Å². The van der Waals surface area contributed by atoms with Gasteiger partial charge in [0.1, 0.15) is 0 Å². The quantitative estimate of drug-likeness (QED) is 0.667. The summed E-state index contributed by atoms with van der Waals surface area (Å²) in [5, 5.41) is 0. The third-order valence-electron chi connectivity index (χ3n) is 4.43. The van der Waals surface area contributed by atoms with Crippen molar-refractivity contribution in [3.05, 3.63) is 17.7 Å². The number of amides is 1. The Balaban J connectivity index is 0.00000625. The van der Waals surface area contributed by atoms with Crippen molar-refractivity contribution < 1.29 is 19.0 Å². The second-order valence-electron chi connectivity index (χ2n) is 6.55. The Bertz CT molecular complexity index is 541. The number of nitrogens with zero attached hydrogens (tertiary/aromatic N) is 1. The number of carbonyl (C=O) groups is 1. The first-order valence-corrected chi connectivity index (χ1v) is 8.62. The van der Waals surface area contributed by atoms with Crippen LogP contribution in [0.5, 0.6) is 17.2 Å². The van der Waals surface area contributed by atoms with Gasteiger partial charge in [0.05, 0.1) is 21.3 Å². The largest absolute Gasteiger partial charge is 0.493 e. The fourth-order valence-electron chi connectivity index (χ4n) is 2.52. The highest BCUT2D eigenvalue weighted by atomic mass is 35.5. The van der Waals surface area contributed by atoms with Crippen molar-refractivity contribution >= 4 is 18.3 Å². The average molecular weight is 389 g/mol. The molecule has 1 aromatic carbocycles. The van der Waals surface area contributed by atoms with Gasteiger partial charge in [-0.05, 0) is 36.5 Å². The molecule has 7 heteroatoms. The number of ether oxygens (including phenoxy) is 3. The number of aryl methyl sites for hydroxylation is 1. The van der Waals surface area contributed by atoms with Gasteiger partial charge in [-0.2, -0.15) is 0 Å². The summed E-state index contributed by atoms with van der Waals surface area (Å²) in [7, 11) is 6.56. The lowest BCUT2D eigenvalue weighted by molar-refractivity contribution is -0.129. The van der Waals surface area contributed by atoms with Crippen molar-refractivity contribution in [3.8, 4) is 17.2 Å². The van der Waals surface area contributed by atoms with Gasteiger partial charge in [0.15, 0.2) is 11.5 Å². The van der Waals surface area contributed by atoms with E-state index in [0.717, 1.165) is 12.0 Å². The molecule has 1 atom stereocenters. The van der Waals surface area contributed by atoms with Gasteiger partial charge in [-0.25, -0.2) is 0 Å². The second-order valence-corrected chi connectivity index (χ2v) is 6.55. The summed E-state index contributed by atoms with van der Waals surface area (Å²) in [4.78, 5) is 14.1. The minimum Gasteiger partial charge on any atom is -0.493 e. The molecule has 0 saturated carbocycles. The van der Waals surface area contributed by atoms with Crippen molar-refractivity contribution in [3.63, 3.8) is 0 Å². The summed E-state index contributed by atoms with van der Waals surface area (Å²) in [5.74, 6) is 2.27. The van der Waals surface area contributed by atoms with Gasteiger partial charge < -0.3 is 24.8 Å².